The van der Waals surface area contributed by atoms with Gasteiger partial charge in [0.05, 0.1) is 6.04 Å². The molecule has 1 aliphatic heterocycles. The number of hydrogen-bond donors (Lipinski definition) is 0. The van der Waals surface area contributed by atoms with Gasteiger partial charge in [-0.1, -0.05) is 19.0 Å². The van der Waals surface area contributed by atoms with E-state index in [0.29, 0.717) is 5.89 Å². The molecule has 0 aliphatic carbocycles. The molecule has 6 heteroatoms. The summed E-state index contributed by atoms with van der Waals surface area (Å²) in [4.78, 5) is 15.3. The molecule has 3 heterocycles. The molecular weight excluding hydrogens is 242 g/mol. The topological polar surface area (TPSA) is 67.9 Å². The summed E-state index contributed by atoms with van der Waals surface area (Å²) in [6.45, 7) is 5.02. The van der Waals surface area contributed by atoms with Crippen LogP contribution < -0.4 is 4.90 Å². The molecule has 0 amide bonds. The summed E-state index contributed by atoms with van der Waals surface area (Å²) in [5, 5.41) is 4.11. The standard InChI is InChI=1S/C13H17N5O/c1-9(2)12-16-11(17-19-12)10-5-3-8-18(10)13-14-6-4-7-15-13/h4,6-7,9-10H,3,5,8H2,1-2H3/t10-/m1/s1. The van der Waals surface area contributed by atoms with Crippen LogP contribution in [0.15, 0.2) is 23.0 Å². The lowest BCUT2D eigenvalue weighted by Crippen LogP contribution is -2.25. The van der Waals surface area contributed by atoms with Gasteiger partial charge >= 0.3 is 0 Å². The molecule has 0 N–H and O–H groups in total. The average molecular weight is 259 g/mol. The summed E-state index contributed by atoms with van der Waals surface area (Å²) in [5.41, 5.74) is 0. The number of rotatable bonds is 3. The molecule has 3 rings (SSSR count). The first-order valence-electron chi connectivity index (χ1n) is 6.63. The molecule has 0 aromatic carbocycles. The second-order valence-electron chi connectivity index (χ2n) is 5.05. The van der Waals surface area contributed by atoms with Crippen molar-refractivity contribution < 1.29 is 4.52 Å². The fraction of sp³-hybridized carbons (Fsp3) is 0.538. The van der Waals surface area contributed by atoms with Gasteiger partial charge in [-0.05, 0) is 18.9 Å². The highest BCUT2D eigenvalue weighted by Gasteiger charge is 2.31. The minimum atomic E-state index is 0.124. The van der Waals surface area contributed by atoms with Crippen LogP contribution in [0.5, 0.6) is 0 Å². The van der Waals surface area contributed by atoms with E-state index in [-0.39, 0.29) is 12.0 Å². The normalized spacial score (nSPS) is 19.3. The van der Waals surface area contributed by atoms with Crippen molar-refractivity contribution in [1.29, 1.82) is 0 Å². The van der Waals surface area contributed by atoms with E-state index in [4.69, 9.17) is 4.52 Å². The fourth-order valence-corrected chi connectivity index (χ4v) is 2.33. The minimum absolute atomic E-state index is 0.124. The van der Waals surface area contributed by atoms with Crippen molar-refractivity contribution in [3.63, 3.8) is 0 Å². The summed E-state index contributed by atoms with van der Waals surface area (Å²) >= 11 is 0. The van der Waals surface area contributed by atoms with Gasteiger partial charge < -0.3 is 9.42 Å². The third-order valence-electron chi connectivity index (χ3n) is 3.31. The Morgan fingerprint density at radius 3 is 2.79 bits per heavy atom. The van der Waals surface area contributed by atoms with Crippen molar-refractivity contribution in [2.24, 2.45) is 0 Å². The van der Waals surface area contributed by atoms with Crippen LogP contribution in [0.2, 0.25) is 0 Å². The maximum atomic E-state index is 5.29. The lowest BCUT2D eigenvalue weighted by molar-refractivity contribution is 0.358. The summed E-state index contributed by atoms with van der Waals surface area (Å²) in [6, 6.07) is 1.94. The Labute approximate surface area is 111 Å². The molecule has 2 aromatic rings. The molecule has 100 valence electrons. The molecule has 2 aromatic heterocycles. The van der Waals surface area contributed by atoms with Crippen LogP contribution in [-0.2, 0) is 0 Å². The quantitative estimate of drug-likeness (QED) is 0.842. The second-order valence-corrected chi connectivity index (χ2v) is 5.05. The van der Waals surface area contributed by atoms with Crippen LogP contribution in [0.3, 0.4) is 0 Å². The Kier molecular flexibility index (Phi) is 3.15. The summed E-state index contributed by atoms with van der Waals surface area (Å²) < 4.78 is 5.29. The first kappa shape index (κ1) is 12.1. The van der Waals surface area contributed by atoms with E-state index >= 15 is 0 Å². The molecule has 0 radical (unpaired) electrons. The molecule has 1 saturated heterocycles. The largest absolute Gasteiger partial charge is 0.339 e. The summed E-state index contributed by atoms with van der Waals surface area (Å²) in [5.74, 6) is 2.43. The minimum Gasteiger partial charge on any atom is -0.339 e. The highest BCUT2D eigenvalue weighted by Crippen LogP contribution is 2.33. The van der Waals surface area contributed by atoms with Crippen molar-refractivity contribution in [3.8, 4) is 0 Å². The first-order chi connectivity index (χ1) is 9.25. The third-order valence-corrected chi connectivity index (χ3v) is 3.31. The number of anilines is 1. The number of hydrogen-bond acceptors (Lipinski definition) is 6. The highest BCUT2D eigenvalue weighted by atomic mass is 16.5. The Morgan fingerprint density at radius 2 is 2.11 bits per heavy atom. The van der Waals surface area contributed by atoms with E-state index in [1.54, 1.807) is 12.4 Å². The summed E-state index contributed by atoms with van der Waals surface area (Å²) in [6.07, 6.45) is 5.62. The predicted octanol–water partition coefficient (Wildman–Crippen LogP) is 2.32. The smallest absolute Gasteiger partial charge is 0.229 e. The van der Waals surface area contributed by atoms with Crippen molar-refractivity contribution in [1.82, 2.24) is 20.1 Å². The molecule has 19 heavy (non-hydrogen) atoms. The van der Waals surface area contributed by atoms with E-state index in [9.17, 15) is 0 Å². The fourth-order valence-electron chi connectivity index (χ4n) is 2.33. The monoisotopic (exact) mass is 259 g/mol. The SMILES string of the molecule is CC(C)c1nc([C@H]2CCCN2c2ncccn2)no1. The Bertz CT molecular complexity index is 539. The van der Waals surface area contributed by atoms with Gasteiger partial charge in [0.1, 0.15) is 0 Å². The van der Waals surface area contributed by atoms with Crippen LogP contribution in [-0.4, -0.2) is 26.7 Å². The lowest BCUT2D eigenvalue weighted by atomic mass is 10.2. The zero-order valence-corrected chi connectivity index (χ0v) is 11.2. The van der Waals surface area contributed by atoms with Gasteiger partial charge in [0.15, 0.2) is 5.82 Å². The van der Waals surface area contributed by atoms with Gasteiger partial charge in [0.2, 0.25) is 11.8 Å². The van der Waals surface area contributed by atoms with Crippen LogP contribution >= 0.6 is 0 Å². The molecule has 0 bridgehead atoms. The lowest BCUT2D eigenvalue weighted by Gasteiger charge is -2.21. The maximum absolute atomic E-state index is 5.29. The van der Waals surface area contributed by atoms with Gasteiger partial charge in [-0.2, -0.15) is 4.98 Å². The van der Waals surface area contributed by atoms with Crippen LogP contribution in [0.1, 0.15) is 50.4 Å². The van der Waals surface area contributed by atoms with Gasteiger partial charge in [-0.25, -0.2) is 9.97 Å². The summed E-state index contributed by atoms with van der Waals surface area (Å²) in [7, 11) is 0. The van der Waals surface area contributed by atoms with E-state index in [1.807, 2.05) is 19.9 Å². The number of nitrogens with zero attached hydrogens (tertiary/aromatic N) is 5. The van der Waals surface area contributed by atoms with Crippen molar-refractivity contribution in [2.75, 3.05) is 11.4 Å². The van der Waals surface area contributed by atoms with Gasteiger partial charge in [0.25, 0.3) is 0 Å². The highest BCUT2D eigenvalue weighted by molar-refractivity contribution is 5.34. The van der Waals surface area contributed by atoms with Crippen LogP contribution in [0.25, 0.3) is 0 Å². The third kappa shape index (κ3) is 2.30. The van der Waals surface area contributed by atoms with E-state index in [1.165, 1.54) is 0 Å². The first-order valence-corrected chi connectivity index (χ1v) is 6.63. The van der Waals surface area contributed by atoms with Crippen LogP contribution in [0.4, 0.5) is 5.95 Å². The second kappa shape index (κ2) is 4.95. The molecule has 1 atom stereocenters. The zero-order chi connectivity index (χ0) is 13.2. The van der Waals surface area contributed by atoms with Gasteiger partial charge in [0, 0.05) is 24.9 Å². The zero-order valence-electron chi connectivity index (χ0n) is 11.2. The van der Waals surface area contributed by atoms with E-state index < -0.39 is 0 Å². The molecule has 1 fully saturated rings. The molecule has 1 aliphatic rings. The van der Waals surface area contributed by atoms with Gasteiger partial charge in [-0.3, -0.25) is 0 Å². The molecule has 0 unspecified atom stereocenters. The van der Waals surface area contributed by atoms with E-state index in [2.05, 4.69) is 25.0 Å². The molecular formula is C13H17N5O. The number of aromatic nitrogens is 4. The molecule has 0 saturated carbocycles. The predicted molar refractivity (Wildman–Crippen MR) is 69.7 cm³/mol. The van der Waals surface area contributed by atoms with Crippen molar-refractivity contribution >= 4 is 5.95 Å². The van der Waals surface area contributed by atoms with Gasteiger partial charge in [-0.15, -0.1) is 0 Å². The average Bonchev–Trinajstić information content (AvgIpc) is 3.08. The maximum Gasteiger partial charge on any atom is 0.229 e. The van der Waals surface area contributed by atoms with Crippen molar-refractivity contribution in [3.05, 3.63) is 30.2 Å². The van der Waals surface area contributed by atoms with Crippen LogP contribution in [0, 0.1) is 0 Å². The Morgan fingerprint density at radius 1 is 1.32 bits per heavy atom. The molecule has 6 nitrogen and oxygen atoms in total. The molecule has 0 spiro atoms. The Hall–Kier alpha value is -1.98. The Balaban J connectivity index is 1.86. The van der Waals surface area contributed by atoms with Crippen molar-refractivity contribution in [2.45, 2.75) is 38.6 Å². The van der Waals surface area contributed by atoms with E-state index in [0.717, 1.165) is 31.2 Å².